The fourth-order valence-corrected chi connectivity index (χ4v) is 5.30. The molecule has 2 heterocycles. The SMILES string of the molecule is CC(C)[C@H](NC(=O)c1cccc(S(=O)(=O)N2CCOCC2)c1)c1ccc2c(c1)OCCO2. The number of rotatable bonds is 6. The number of benzene rings is 2. The van der Waals surface area contributed by atoms with Crippen LogP contribution in [0.25, 0.3) is 0 Å². The molecule has 2 aromatic carbocycles. The van der Waals surface area contributed by atoms with Gasteiger partial charge in [0.05, 0.1) is 24.2 Å². The molecule has 2 aliphatic heterocycles. The topological polar surface area (TPSA) is 94.2 Å². The van der Waals surface area contributed by atoms with E-state index >= 15 is 0 Å². The predicted octanol–water partition coefficient (Wildman–Crippen LogP) is 2.61. The summed E-state index contributed by atoms with van der Waals surface area (Å²) in [5.74, 6) is 1.11. The lowest BCUT2D eigenvalue weighted by molar-refractivity contribution is 0.0730. The number of fused-ring (bicyclic) bond motifs is 1. The number of morpholine rings is 1. The number of hydrogen-bond donors (Lipinski definition) is 1. The monoisotopic (exact) mass is 460 g/mol. The molecule has 0 radical (unpaired) electrons. The number of sulfonamides is 1. The molecule has 8 nitrogen and oxygen atoms in total. The van der Waals surface area contributed by atoms with Crippen LogP contribution in [0.3, 0.4) is 0 Å². The first-order valence-electron chi connectivity index (χ1n) is 10.7. The number of amides is 1. The van der Waals surface area contributed by atoms with E-state index in [-0.39, 0.29) is 22.8 Å². The van der Waals surface area contributed by atoms with E-state index in [1.807, 2.05) is 32.0 Å². The van der Waals surface area contributed by atoms with Crippen LogP contribution < -0.4 is 14.8 Å². The molecule has 172 valence electrons. The lowest BCUT2D eigenvalue weighted by atomic mass is 9.95. The van der Waals surface area contributed by atoms with Crippen LogP contribution in [-0.4, -0.2) is 58.1 Å². The lowest BCUT2D eigenvalue weighted by Crippen LogP contribution is -2.40. The molecule has 1 fully saturated rings. The van der Waals surface area contributed by atoms with Gasteiger partial charge in [-0.3, -0.25) is 4.79 Å². The minimum atomic E-state index is -3.68. The Labute approximate surface area is 188 Å². The van der Waals surface area contributed by atoms with Crippen LogP contribution in [0.15, 0.2) is 47.4 Å². The Morgan fingerprint density at radius 2 is 1.69 bits per heavy atom. The number of ether oxygens (including phenoxy) is 3. The molecule has 2 aliphatic rings. The Bertz CT molecular complexity index is 1080. The van der Waals surface area contributed by atoms with Gasteiger partial charge in [-0.2, -0.15) is 4.31 Å². The summed E-state index contributed by atoms with van der Waals surface area (Å²) < 4.78 is 43.8. The normalized spacial score (nSPS) is 17.7. The smallest absolute Gasteiger partial charge is 0.251 e. The van der Waals surface area contributed by atoms with E-state index in [1.165, 1.54) is 16.4 Å². The first kappa shape index (κ1) is 22.6. The Kier molecular flexibility index (Phi) is 6.68. The van der Waals surface area contributed by atoms with Gasteiger partial charge in [0.1, 0.15) is 13.2 Å². The summed E-state index contributed by atoms with van der Waals surface area (Å²) in [5, 5.41) is 3.05. The molecule has 32 heavy (non-hydrogen) atoms. The first-order chi connectivity index (χ1) is 15.4. The quantitative estimate of drug-likeness (QED) is 0.712. The lowest BCUT2D eigenvalue weighted by Gasteiger charge is -2.26. The zero-order valence-corrected chi connectivity index (χ0v) is 19.1. The van der Waals surface area contributed by atoms with Gasteiger partial charge in [-0.05, 0) is 41.8 Å². The third-order valence-corrected chi connectivity index (χ3v) is 7.48. The second-order valence-electron chi connectivity index (χ2n) is 8.14. The summed E-state index contributed by atoms with van der Waals surface area (Å²) in [6, 6.07) is 11.5. The Morgan fingerprint density at radius 3 is 2.41 bits per heavy atom. The van der Waals surface area contributed by atoms with Gasteiger partial charge in [-0.15, -0.1) is 0 Å². The summed E-state index contributed by atoms with van der Waals surface area (Å²) >= 11 is 0. The molecule has 0 saturated carbocycles. The van der Waals surface area contributed by atoms with Crippen LogP contribution in [0.2, 0.25) is 0 Å². The standard InChI is InChI=1S/C23H28N2O6S/c1-16(2)22(17-6-7-20-21(15-17)31-13-12-30-20)24-23(26)18-4-3-5-19(14-18)32(27,28)25-8-10-29-11-9-25/h3-7,14-16,22H,8-13H2,1-2H3,(H,24,26)/t22-/m0/s1. The molecule has 1 saturated heterocycles. The maximum Gasteiger partial charge on any atom is 0.251 e. The van der Waals surface area contributed by atoms with E-state index in [2.05, 4.69) is 5.32 Å². The van der Waals surface area contributed by atoms with Crippen molar-refractivity contribution in [3.63, 3.8) is 0 Å². The summed E-state index contributed by atoms with van der Waals surface area (Å²) in [6.07, 6.45) is 0. The molecule has 4 rings (SSSR count). The maximum atomic E-state index is 13.1. The molecule has 9 heteroatoms. The van der Waals surface area contributed by atoms with Crippen LogP contribution in [0.5, 0.6) is 11.5 Å². The number of nitrogens with zero attached hydrogens (tertiary/aromatic N) is 1. The highest BCUT2D eigenvalue weighted by molar-refractivity contribution is 7.89. The highest BCUT2D eigenvalue weighted by atomic mass is 32.2. The molecular weight excluding hydrogens is 432 g/mol. The molecule has 0 spiro atoms. The maximum absolute atomic E-state index is 13.1. The van der Waals surface area contributed by atoms with Crippen LogP contribution in [0.1, 0.15) is 35.8 Å². The molecule has 0 unspecified atom stereocenters. The fourth-order valence-electron chi connectivity index (χ4n) is 3.85. The Balaban J connectivity index is 1.55. The van der Waals surface area contributed by atoms with Gasteiger partial charge in [-0.25, -0.2) is 8.42 Å². The molecule has 1 amide bonds. The van der Waals surface area contributed by atoms with Crippen molar-refractivity contribution in [2.24, 2.45) is 5.92 Å². The van der Waals surface area contributed by atoms with Crippen molar-refractivity contribution < 1.29 is 27.4 Å². The largest absolute Gasteiger partial charge is 0.486 e. The predicted molar refractivity (Wildman–Crippen MR) is 118 cm³/mol. The van der Waals surface area contributed by atoms with E-state index in [4.69, 9.17) is 14.2 Å². The van der Waals surface area contributed by atoms with Crippen LogP contribution in [0, 0.1) is 5.92 Å². The highest BCUT2D eigenvalue weighted by Gasteiger charge is 2.28. The van der Waals surface area contributed by atoms with E-state index in [1.54, 1.807) is 12.1 Å². The molecule has 1 N–H and O–H groups in total. The highest BCUT2D eigenvalue weighted by Crippen LogP contribution is 2.34. The van der Waals surface area contributed by atoms with Crippen molar-refractivity contribution in [3.8, 4) is 11.5 Å². The second kappa shape index (κ2) is 9.48. The van der Waals surface area contributed by atoms with E-state index < -0.39 is 10.0 Å². The zero-order valence-electron chi connectivity index (χ0n) is 18.2. The van der Waals surface area contributed by atoms with Crippen molar-refractivity contribution >= 4 is 15.9 Å². The van der Waals surface area contributed by atoms with E-state index in [9.17, 15) is 13.2 Å². The summed E-state index contributed by atoms with van der Waals surface area (Å²) in [6.45, 7) is 6.37. The summed E-state index contributed by atoms with van der Waals surface area (Å²) in [5.41, 5.74) is 1.19. The van der Waals surface area contributed by atoms with Gasteiger partial charge in [0.25, 0.3) is 5.91 Å². The van der Waals surface area contributed by atoms with E-state index in [0.29, 0.717) is 56.6 Å². The van der Waals surface area contributed by atoms with Gasteiger partial charge in [0.2, 0.25) is 10.0 Å². The van der Waals surface area contributed by atoms with Crippen molar-refractivity contribution in [1.29, 1.82) is 0 Å². The third kappa shape index (κ3) is 4.74. The third-order valence-electron chi connectivity index (χ3n) is 5.58. The van der Waals surface area contributed by atoms with Crippen molar-refractivity contribution in [3.05, 3.63) is 53.6 Å². The molecule has 0 aliphatic carbocycles. The molecule has 0 aromatic heterocycles. The average Bonchev–Trinajstić information content (AvgIpc) is 2.82. The van der Waals surface area contributed by atoms with Crippen molar-refractivity contribution in [2.75, 3.05) is 39.5 Å². The minimum Gasteiger partial charge on any atom is -0.486 e. The Hall–Kier alpha value is -2.62. The average molecular weight is 461 g/mol. The second-order valence-corrected chi connectivity index (χ2v) is 10.1. The van der Waals surface area contributed by atoms with E-state index in [0.717, 1.165) is 5.56 Å². The molecular formula is C23H28N2O6S. The zero-order chi connectivity index (χ0) is 22.7. The molecule has 1 atom stereocenters. The van der Waals surface area contributed by atoms with Crippen LogP contribution >= 0.6 is 0 Å². The number of nitrogens with one attached hydrogen (secondary N) is 1. The van der Waals surface area contributed by atoms with Gasteiger partial charge < -0.3 is 19.5 Å². The fraction of sp³-hybridized carbons (Fsp3) is 0.435. The summed E-state index contributed by atoms with van der Waals surface area (Å²) in [4.78, 5) is 13.2. The van der Waals surface area contributed by atoms with Gasteiger partial charge in [0, 0.05) is 18.7 Å². The van der Waals surface area contributed by atoms with Gasteiger partial charge in [0.15, 0.2) is 11.5 Å². The van der Waals surface area contributed by atoms with Crippen LogP contribution in [-0.2, 0) is 14.8 Å². The van der Waals surface area contributed by atoms with Gasteiger partial charge >= 0.3 is 0 Å². The molecule has 2 aromatic rings. The number of hydrogen-bond acceptors (Lipinski definition) is 6. The molecule has 0 bridgehead atoms. The van der Waals surface area contributed by atoms with Crippen molar-refractivity contribution in [1.82, 2.24) is 9.62 Å². The van der Waals surface area contributed by atoms with Gasteiger partial charge in [-0.1, -0.05) is 26.0 Å². The van der Waals surface area contributed by atoms with Crippen molar-refractivity contribution in [2.45, 2.75) is 24.8 Å². The minimum absolute atomic E-state index is 0.0989. The first-order valence-corrected chi connectivity index (χ1v) is 12.2. The van der Waals surface area contributed by atoms with Crippen LogP contribution in [0.4, 0.5) is 0 Å². The number of carbonyl (C=O) groups is 1. The summed E-state index contributed by atoms with van der Waals surface area (Å²) in [7, 11) is -3.68. The number of carbonyl (C=O) groups excluding carboxylic acids is 1. The Morgan fingerprint density at radius 1 is 0.969 bits per heavy atom.